The van der Waals surface area contributed by atoms with Gasteiger partial charge >= 0.3 is 0 Å². The zero-order valence-electron chi connectivity index (χ0n) is 7.99. The summed E-state index contributed by atoms with van der Waals surface area (Å²) >= 11 is 0.471. The van der Waals surface area contributed by atoms with Gasteiger partial charge in [-0.05, 0) is 11.5 Å². The number of hydrogen-bond acceptors (Lipinski definition) is 6. The summed E-state index contributed by atoms with van der Waals surface area (Å²) in [6, 6.07) is 11.0. The molecule has 2 N–H and O–H groups in total. The SMILES string of the molecule is OSOc1ccc2ccccc2c1OSO. The van der Waals surface area contributed by atoms with Gasteiger partial charge < -0.3 is 8.37 Å². The van der Waals surface area contributed by atoms with Crippen molar-refractivity contribution in [2.75, 3.05) is 0 Å². The lowest BCUT2D eigenvalue weighted by atomic mass is 10.1. The van der Waals surface area contributed by atoms with Crippen LogP contribution < -0.4 is 8.37 Å². The highest BCUT2D eigenvalue weighted by Gasteiger charge is 2.11. The van der Waals surface area contributed by atoms with Crippen LogP contribution in [0.2, 0.25) is 0 Å². The van der Waals surface area contributed by atoms with Crippen molar-refractivity contribution in [1.82, 2.24) is 0 Å². The van der Waals surface area contributed by atoms with E-state index in [1.807, 2.05) is 30.3 Å². The second-order valence-corrected chi connectivity index (χ2v) is 3.56. The van der Waals surface area contributed by atoms with Gasteiger partial charge in [0.05, 0.1) is 0 Å². The highest BCUT2D eigenvalue weighted by molar-refractivity contribution is 7.89. The van der Waals surface area contributed by atoms with Crippen molar-refractivity contribution in [2.45, 2.75) is 0 Å². The average molecular weight is 256 g/mol. The van der Waals surface area contributed by atoms with Gasteiger partial charge in [0.25, 0.3) is 0 Å². The van der Waals surface area contributed by atoms with Crippen molar-refractivity contribution in [1.29, 1.82) is 0 Å². The van der Waals surface area contributed by atoms with Crippen molar-refractivity contribution in [3.05, 3.63) is 36.4 Å². The summed E-state index contributed by atoms with van der Waals surface area (Å²) in [6.07, 6.45) is 0. The quantitative estimate of drug-likeness (QED) is 0.810. The first-order valence-electron chi connectivity index (χ1n) is 4.34. The summed E-state index contributed by atoms with van der Waals surface area (Å²) in [5.41, 5.74) is 0. The molecular weight excluding hydrogens is 248 g/mol. The molecule has 0 spiro atoms. The summed E-state index contributed by atoms with van der Waals surface area (Å²) < 4.78 is 27.3. The summed E-state index contributed by atoms with van der Waals surface area (Å²) in [7, 11) is 0. The summed E-state index contributed by atoms with van der Waals surface area (Å²) in [4.78, 5) is 0. The monoisotopic (exact) mass is 256 g/mol. The fourth-order valence-corrected chi connectivity index (χ4v) is 1.91. The second-order valence-electron chi connectivity index (χ2n) is 2.93. The van der Waals surface area contributed by atoms with E-state index in [4.69, 9.17) is 17.5 Å². The first-order valence-corrected chi connectivity index (χ1v) is 5.74. The van der Waals surface area contributed by atoms with E-state index in [2.05, 4.69) is 0 Å². The molecule has 0 saturated carbocycles. The van der Waals surface area contributed by atoms with Crippen LogP contribution in [0.25, 0.3) is 10.8 Å². The van der Waals surface area contributed by atoms with E-state index < -0.39 is 0 Å². The van der Waals surface area contributed by atoms with Crippen molar-refractivity contribution < 1.29 is 17.5 Å². The fraction of sp³-hybridized carbons (Fsp3) is 0. The molecule has 0 bridgehead atoms. The second kappa shape index (κ2) is 5.31. The van der Waals surface area contributed by atoms with E-state index >= 15 is 0 Å². The highest BCUT2D eigenvalue weighted by Crippen LogP contribution is 2.38. The van der Waals surface area contributed by atoms with Gasteiger partial charge in [-0.2, -0.15) is 0 Å². The first kappa shape index (κ1) is 11.4. The largest absolute Gasteiger partial charge is 0.396 e. The zero-order chi connectivity index (χ0) is 11.4. The van der Waals surface area contributed by atoms with Crippen LogP contribution in [-0.2, 0) is 0 Å². The number of fused-ring (bicyclic) bond motifs is 1. The van der Waals surface area contributed by atoms with E-state index in [0.29, 0.717) is 11.5 Å². The normalized spacial score (nSPS) is 10.4. The maximum Gasteiger partial charge on any atom is 0.222 e. The van der Waals surface area contributed by atoms with E-state index in [0.717, 1.165) is 10.8 Å². The molecule has 0 aliphatic rings. The Hall–Kier alpha value is -1.08. The molecule has 0 fully saturated rings. The van der Waals surface area contributed by atoms with E-state index in [-0.39, 0.29) is 24.6 Å². The number of hydrogen-bond donors (Lipinski definition) is 2. The van der Waals surface area contributed by atoms with Crippen molar-refractivity contribution in [2.24, 2.45) is 0 Å². The topological polar surface area (TPSA) is 58.9 Å². The Labute approximate surface area is 101 Å². The van der Waals surface area contributed by atoms with Gasteiger partial charge in [0.1, 0.15) is 0 Å². The van der Waals surface area contributed by atoms with Crippen LogP contribution in [0.4, 0.5) is 0 Å². The summed E-state index contributed by atoms with van der Waals surface area (Å²) in [6.45, 7) is 0. The molecule has 0 aromatic heterocycles. The Morgan fingerprint density at radius 1 is 0.875 bits per heavy atom. The summed E-state index contributed by atoms with van der Waals surface area (Å²) in [5, 5.41) is 1.76. The molecular formula is C10H8O4S2. The van der Waals surface area contributed by atoms with E-state index in [1.54, 1.807) is 6.07 Å². The van der Waals surface area contributed by atoms with Gasteiger partial charge in [0.15, 0.2) is 11.5 Å². The van der Waals surface area contributed by atoms with Crippen LogP contribution in [-0.4, -0.2) is 9.11 Å². The molecule has 0 aliphatic carbocycles. The molecule has 0 aliphatic heterocycles. The average Bonchev–Trinajstić information content (AvgIpc) is 2.32. The minimum atomic E-state index is 0.232. The van der Waals surface area contributed by atoms with Crippen LogP contribution in [0.15, 0.2) is 36.4 Å². The molecule has 0 heterocycles. The Morgan fingerprint density at radius 2 is 1.62 bits per heavy atom. The van der Waals surface area contributed by atoms with Gasteiger partial charge in [0.2, 0.25) is 24.6 Å². The van der Waals surface area contributed by atoms with Crippen molar-refractivity contribution >= 4 is 35.4 Å². The van der Waals surface area contributed by atoms with Crippen LogP contribution in [0, 0.1) is 0 Å². The standard InChI is InChI=1S/C10H8O4S2/c11-15-13-9-6-5-7-3-1-2-4-8(7)10(9)14-16-12/h1-6,11-12H. The molecule has 6 heteroatoms. The Kier molecular flexibility index (Phi) is 3.79. The molecule has 0 unspecified atom stereocenters. The molecule has 16 heavy (non-hydrogen) atoms. The van der Waals surface area contributed by atoms with E-state index in [1.165, 1.54) is 0 Å². The molecule has 84 valence electrons. The van der Waals surface area contributed by atoms with Gasteiger partial charge in [-0.15, -0.1) is 0 Å². The fourth-order valence-electron chi connectivity index (χ4n) is 1.45. The third-order valence-electron chi connectivity index (χ3n) is 2.09. The zero-order valence-corrected chi connectivity index (χ0v) is 9.62. The smallest absolute Gasteiger partial charge is 0.222 e. The molecule has 0 amide bonds. The van der Waals surface area contributed by atoms with Crippen LogP contribution in [0.3, 0.4) is 0 Å². The highest BCUT2D eigenvalue weighted by atomic mass is 32.2. The Bertz CT molecular complexity index is 489. The molecule has 0 saturated heterocycles. The predicted octanol–water partition coefficient (Wildman–Crippen LogP) is 3.84. The van der Waals surface area contributed by atoms with Crippen LogP contribution in [0.5, 0.6) is 11.5 Å². The summed E-state index contributed by atoms with van der Waals surface area (Å²) in [5.74, 6) is 0.736. The number of rotatable bonds is 4. The van der Waals surface area contributed by atoms with Crippen molar-refractivity contribution in [3.8, 4) is 11.5 Å². The van der Waals surface area contributed by atoms with Crippen LogP contribution >= 0.6 is 24.6 Å². The molecule has 0 radical (unpaired) electrons. The molecule has 0 atom stereocenters. The van der Waals surface area contributed by atoms with Gasteiger partial charge in [-0.25, -0.2) is 0 Å². The Balaban J connectivity index is 2.58. The first-order chi connectivity index (χ1) is 7.86. The lowest BCUT2D eigenvalue weighted by Crippen LogP contribution is -1.88. The van der Waals surface area contributed by atoms with Gasteiger partial charge in [0, 0.05) is 5.39 Å². The maximum absolute atomic E-state index is 8.74. The minimum Gasteiger partial charge on any atom is -0.396 e. The van der Waals surface area contributed by atoms with Crippen molar-refractivity contribution in [3.63, 3.8) is 0 Å². The third kappa shape index (κ3) is 2.19. The maximum atomic E-state index is 8.74. The third-order valence-corrected chi connectivity index (χ3v) is 2.59. The predicted molar refractivity (Wildman–Crippen MR) is 65.6 cm³/mol. The van der Waals surface area contributed by atoms with E-state index in [9.17, 15) is 0 Å². The Morgan fingerprint density at radius 3 is 2.38 bits per heavy atom. The molecule has 4 nitrogen and oxygen atoms in total. The van der Waals surface area contributed by atoms with Crippen LogP contribution in [0.1, 0.15) is 0 Å². The molecule has 2 rings (SSSR count). The molecule has 2 aromatic rings. The minimum absolute atomic E-state index is 0.232. The number of benzene rings is 2. The van der Waals surface area contributed by atoms with Gasteiger partial charge in [-0.1, -0.05) is 30.3 Å². The van der Waals surface area contributed by atoms with Gasteiger partial charge in [-0.3, -0.25) is 9.11 Å². The molecule has 2 aromatic carbocycles. The lowest BCUT2D eigenvalue weighted by molar-refractivity contribution is 0.499. The lowest BCUT2D eigenvalue weighted by Gasteiger charge is -2.09.